The quantitative estimate of drug-likeness (QED) is 0.694. The summed E-state index contributed by atoms with van der Waals surface area (Å²) < 4.78 is 10.3. The number of nitrogens with zero attached hydrogens (tertiary/aromatic N) is 3. The number of aromatic hydroxyl groups is 1. The van der Waals surface area contributed by atoms with Crippen molar-refractivity contribution in [3.63, 3.8) is 0 Å². The zero-order valence-electron chi connectivity index (χ0n) is 18.5. The molecule has 0 saturated carbocycles. The second kappa shape index (κ2) is 11.0. The number of hydrogen-bond donors (Lipinski definition) is 1. The van der Waals surface area contributed by atoms with E-state index in [1.165, 1.54) is 33.1 Å². The molecule has 0 atom stereocenters. The van der Waals surface area contributed by atoms with Crippen molar-refractivity contribution >= 4 is 17.9 Å². The van der Waals surface area contributed by atoms with Gasteiger partial charge in [0.2, 0.25) is 17.6 Å². The fourth-order valence-electron chi connectivity index (χ4n) is 4.02. The second-order valence-electron chi connectivity index (χ2n) is 8.00. The maximum absolute atomic E-state index is 12.6. The topological polar surface area (TPSA) is 82.6 Å². The molecule has 0 spiro atoms. The van der Waals surface area contributed by atoms with E-state index in [0.717, 1.165) is 25.9 Å². The summed E-state index contributed by atoms with van der Waals surface area (Å²) in [6.45, 7) is 4.76. The zero-order valence-corrected chi connectivity index (χ0v) is 18.5. The molecule has 2 heterocycles. The third-order valence-corrected chi connectivity index (χ3v) is 5.92. The predicted molar refractivity (Wildman–Crippen MR) is 118 cm³/mol. The second-order valence-corrected chi connectivity index (χ2v) is 8.00. The molecule has 8 heteroatoms. The number of methoxy groups -OCH3 is 2. The van der Waals surface area contributed by atoms with Crippen LogP contribution >= 0.6 is 0 Å². The molecule has 2 fully saturated rings. The highest BCUT2D eigenvalue weighted by molar-refractivity contribution is 5.92. The Bertz CT molecular complexity index is 769. The SMILES string of the molecule is COc1cc(C=CC(=O)N2CCN(CC(=O)N3CCCCCC3)CC2)cc(OC)c1O. The molecule has 0 radical (unpaired) electrons. The fourth-order valence-corrected chi connectivity index (χ4v) is 4.02. The maximum Gasteiger partial charge on any atom is 0.246 e. The van der Waals surface area contributed by atoms with Crippen LogP contribution in [-0.4, -0.2) is 91.7 Å². The molecule has 2 aliphatic rings. The maximum atomic E-state index is 12.6. The standard InChI is InChI=1S/C23H33N3O5/c1-30-19-15-18(16-20(31-2)23(19)29)7-8-21(27)26-13-11-24(12-14-26)17-22(28)25-9-5-3-4-6-10-25/h7-8,15-16,29H,3-6,9-14,17H2,1-2H3. The summed E-state index contributed by atoms with van der Waals surface area (Å²) in [6, 6.07) is 3.29. The minimum Gasteiger partial charge on any atom is -0.502 e. The van der Waals surface area contributed by atoms with Crippen LogP contribution in [0.25, 0.3) is 6.08 Å². The summed E-state index contributed by atoms with van der Waals surface area (Å²) in [5.41, 5.74) is 0.696. The third kappa shape index (κ3) is 6.13. The van der Waals surface area contributed by atoms with Crippen LogP contribution in [0.15, 0.2) is 18.2 Å². The van der Waals surface area contributed by atoms with Gasteiger partial charge >= 0.3 is 0 Å². The molecule has 31 heavy (non-hydrogen) atoms. The van der Waals surface area contributed by atoms with Crippen molar-refractivity contribution in [1.29, 1.82) is 0 Å². The molecule has 1 aromatic rings. The first kappa shape index (κ1) is 22.9. The molecule has 1 aromatic carbocycles. The number of amides is 2. The molecule has 8 nitrogen and oxygen atoms in total. The number of ether oxygens (including phenoxy) is 2. The van der Waals surface area contributed by atoms with Crippen LogP contribution in [0.1, 0.15) is 31.2 Å². The molecule has 2 amide bonds. The Morgan fingerprint density at radius 1 is 0.903 bits per heavy atom. The number of phenols is 1. The number of hydrogen-bond acceptors (Lipinski definition) is 6. The first-order valence-corrected chi connectivity index (χ1v) is 10.9. The Balaban J connectivity index is 1.50. The molecule has 1 N–H and O–H groups in total. The lowest BCUT2D eigenvalue weighted by molar-refractivity contribution is -0.133. The van der Waals surface area contributed by atoms with Gasteiger partial charge in [-0.1, -0.05) is 12.8 Å². The van der Waals surface area contributed by atoms with Gasteiger partial charge in [0.05, 0.1) is 20.8 Å². The minimum absolute atomic E-state index is 0.0701. The van der Waals surface area contributed by atoms with Crippen LogP contribution < -0.4 is 9.47 Å². The average Bonchev–Trinajstić information content (AvgIpc) is 3.08. The van der Waals surface area contributed by atoms with E-state index in [0.29, 0.717) is 38.3 Å². The number of benzene rings is 1. The van der Waals surface area contributed by atoms with E-state index < -0.39 is 0 Å². The van der Waals surface area contributed by atoms with E-state index in [9.17, 15) is 14.7 Å². The lowest BCUT2D eigenvalue weighted by Crippen LogP contribution is -2.51. The number of phenolic OH excluding ortho intramolecular Hbond substituents is 1. The van der Waals surface area contributed by atoms with Crippen molar-refractivity contribution in [2.75, 3.05) is 60.0 Å². The number of piperazine rings is 1. The monoisotopic (exact) mass is 431 g/mol. The van der Waals surface area contributed by atoms with E-state index in [1.807, 2.05) is 4.90 Å². The third-order valence-electron chi connectivity index (χ3n) is 5.92. The minimum atomic E-state index is -0.0792. The van der Waals surface area contributed by atoms with Gasteiger partial charge in [0.25, 0.3) is 0 Å². The van der Waals surface area contributed by atoms with Crippen molar-refractivity contribution in [1.82, 2.24) is 14.7 Å². The van der Waals surface area contributed by atoms with Gasteiger partial charge in [-0.05, 0) is 36.6 Å². The summed E-state index contributed by atoms with van der Waals surface area (Å²) in [5.74, 6) is 0.629. The number of rotatable bonds is 6. The van der Waals surface area contributed by atoms with Gasteiger partial charge in [0.1, 0.15) is 0 Å². The Morgan fingerprint density at radius 3 is 2.03 bits per heavy atom. The molecule has 2 saturated heterocycles. The Morgan fingerprint density at radius 2 is 1.48 bits per heavy atom. The van der Waals surface area contributed by atoms with Crippen LogP contribution in [0.5, 0.6) is 17.2 Å². The van der Waals surface area contributed by atoms with Crippen LogP contribution in [0.3, 0.4) is 0 Å². The van der Waals surface area contributed by atoms with E-state index in [4.69, 9.17) is 9.47 Å². The van der Waals surface area contributed by atoms with Crippen molar-refractivity contribution in [2.24, 2.45) is 0 Å². The van der Waals surface area contributed by atoms with E-state index in [2.05, 4.69) is 4.90 Å². The summed E-state index contributed by atoms with van der Waals surface area (Å²) in [6.07, 6.45) is 7.81. The lowest BCUT2D eigenvalue weighted by Gasteiger charge is -2.34. The molecular formula is C23H33N3O5. The summed E-state index contributed by atoms with van der Waals surface area (Å²) in [4.78, 5) is 31.1. The van der Waals surface area contributed by atoms with Crippen molar-refractivity contribution in [2.45, 2.75) is 25.7 Å². The number of carbonyl (C=O) groups excluding carboxylic acids is 2. The summed E-state index contributed by atoms with van der Waals surface area (Å²) in [7, 11) is 2.93. The normalized spacial score (nSPS) is 18.1. The largest absolute Gasteiger partial charge is 0.502 e. The molecule has 3 rings (SSSR count). The fraction of sp³-hybridized carbons (Fsp3) is 0.565. The molecule has 0 unspecified atom stereocenters. The van der Waals surface area contributed by atoms with Gasteiger partial charge < -0.3 is 24.4 Å². The predicted octanol–water partition coefficient (Wildman–Crippen LogP) is 1.97. The zero-order chi connectivity index (χ0) is 22.2. The highest BCUT2D eigenvalue weighted by Gasteiger charge is 2.23. The average molecular weight is 432 g/mol. The van der Waals surface area contributed by atoms with Crippen LogP contribution in [0.4, 0.5) is 0 Å². The van der Waals surface area contributed by atoms with Gasteiger partial charge in [-0.15, -0.1) is 0 Å². The molecule has 170 valence electrons. The first-order chi connectivity index (χ1) is 15.0. The number of carbonyl (C=O) groups is 2. The Labute approximate surface area is 184 Å². The molecule has 0 aliphatic carbocycles. The smallest absolute Gasteiger partial charge is 0.246 e. The van der Waals surface area contributed by atoms with E-state index in [-0.39, 0.29) is 29.1 Å². The highest BCUT2D eigenvalue weighted by atomic mass is 16.5. The first-order valence-electron chi connectivity index (χ1n) is 10.9. The van der Waals surface area contributed by atoms with Crippen LogP contribution in [0.2, 0.25) is 0 Å². The Hall–Kier alpha value is -2.74. The molecule has 0 aromatic heterocycles. The van der Waals surface area contributed by atoms with Crippen LogP contribution in [-0.2, 0) is 9.59 Å². The van der Waals surface area contributed by atoms with Gasteiger partial charge in [-0.25, -0.2) is 0 Å². The van der Waals surface area contributed by atoms with Gasteiger partial charge in [0, 0.05) is 45.3 Å². The Kier molecular flexibility index (Phi) is 8.17. The summed E-state index contributed by atoms with van der Waals surface area (Å²) >= 11 is 0. The highest BCUT2D eigenvalue weighted by Crippen LogP contribution is 2.37. The van der Waals surface area contributed by atoms with Crippen molar-refractivity contribution in [3.8, 4) is 17.2 Å². The number of likely N-dealkylation sites (tertiary alicyclic amines) is 1. The van der Waals surface area contributed by atoms with Crippen molar-refractivity contribution < 1.29 is 24.2 Å². The molecular weight excluding hydrogens is 398 g/mol. The van der Waals surface area contributed by atoms with Gasteiger partial charge in [-0.2, -0.15) is 0 Å². The summed E-state index contributed by atoms with van der Waals surface area (Å²) in [5, 5.41) is 10.00. The molecule has 2 aliphatic heterocycles. The molecule has 0 bridgehead atoms. The van der Waals surface area contributed by atoms with E-state index >= 15 is 0 Å². The van der Waals surface area contributed by atoms with E-state index in [1.54, 1.807) is 23.1 Å². The van der Waals surface area contributed by atoms with Crippen LogP contribution in [0, 0.1) is 0 Å². The van der Waals surface area contributed by atoms with Crippen molar-refractivity contribution in [3.05, 3.63) is 23.8 Å². The van der Waals surface area contributed by atoms with Gasteiger partial charge in [-0.3, -0.25) is 14.5 Å². The lowest BCUT2D eigenvalue weighted by atomic mass is 10.1. The van der Waals surface area contributed by atoms with Gasteiger partial charge in [0.15, 0.2) is 11.5 Å².